The summed E-state index contributed by atoms with van der Waals surface area (Å²) in [7, 11) is 0. The van der Waals surface area contributed by atoms with Gasteiger partial charge in [0.25, 0.3) is 0 Å². The fraction of sp³-hybridized carbons (Fsp3) is 0.160. The zero-order valence-electron chi connectivity index (χ0n) is 16.5. The van der Waals surface area contributed by atoms with Crippen molar-refractivity contribution in [3.05, 3.63) is 73.2 Å². The van der Waals surface area contributed by atoms with E-state index in [0.717, 1.165) is 56.8 Å². The Hall–Kier alpha value is -3.73. The van der Waals surface area contributed by atoms with Gasteiger partial charge in [-0.3, -0.25) is 0 Å². The van der Waals surface area contributed by atoms with Gasteiger partial charge in [0, 0.05) is 29.3 Å². The SMILES string of the molecule is Nc1ncnc2c1c(-c1ccc3ccc(-c4ccccc4)nc3c1)cn2CC1CC1. The summed E-state index contributed by atoms with van der Waals surface area (Å²) in [5.41, 5.74) is 12.4. The molecule has 30 heavy (non-hydrogen) atoms. The molecular weight excluding hydrogens is 370 g/mol. The molecule has 1 fully saturated rings. The quantitative estimate of drug-likeness (QED) is 0.451. The highest BCUT2D eigenvalue weighted by Gasteiger charge is 2.24. The highest BCUT2D eigenvalue weighted by Crippen LogP contribution is 2.37. The van der Waals surface area contributed by atoms with Gasteiger partial charge < -0.3 is 10.3 Å². The summed E-state index contributed by atoms with van der Waals surface area (Å²) in [6.45, 7) is 0.983. The lowest BCUT2D eigenvalue weighted by Crippen LogP contribution is -2.00. The second-order valence-electron chi connectivity index (χ2n) is 8.07. The molecule has 3 heterocycles. The third-order valence-corrected chi connectivity index (χ3v) is 5.91. The van der Waals surface area contributed by atoms with Crippen molar-refractivity contribution in [2.24, 2.45) is 5.92 Å². The molecule has 0 aliphatic heterocycles. The summed E-state index contributed by atoms with van der Waals surface area (Å²) >= 11 is 0. The van der Waals surface area contributed by atoms with Gasteiger partial charge in [-0.15, -0.1) is 0 Å². The van der Waals surface area contributed by atoms with Crippen LogP contribution in [0.5, 0.6) is 0 Å². The van der Waals surface area contributed by atoms with Gasteiger partial charge in [-0.1, -0.05) is 48.5 Å². The molecule has 1 saturated carbocycles. The van der Waals surface area contributed by atoms with Crippen LogP contribution >= 0.6 is 0 Å². The summed E-state index contributed by atoms with van der Waals surface area (Å²) < 4.78 is 2.23. The number of nitrogens with two attached hydrogens (primary N) is 1. The average molecular weight is 391 g/mol. The number of pyridine rings is 1. The van der Waals surface area contributed by atoms with Crippen LogP contribution in [-0.2, 0) is 6.54 Å². The number of fused-ring (bicyclic) bond motifs is 2. The standard InChI is InChI=1S/C25H21N5/c26-24-23-20(14-30(13-16-6-7-16)25(23)28-15-27-24)19-9-8-18-10-11-21(29-22(18)12-19)17-4-2-1-3-5-17/h1-5,8-12,14-16H,6-7,13H2,(H2,26,27,28). The van der Waals surface area contributed by atoms with E-state index in [1.807, 2.05) is 18.2 Å². The van der Waals surface area contributed by atoms with Crippen LogP contribution in [0, 0.1) is 5.92 Å². The summed E-state index contributed by atoms with van der Waals surface area (Å²) in [6, 6.07) is 20.9. The molecule has 2 N–H and O–H groups in total. The monoisotopic (exact) mass is 391 g/mol. The van der Waals surface area contributed by atoms with Crippen LogP contribution in [0.3, 0.4) is 0 Å². The molecule has 1 aliphatic rings. The van der Waals surface area contributed by atoms with Crippen molar-refractivity contribution in [2.45, 2.75) is 19.4 Å². The van der Waals surface area contributed by atoms with E-state index in [-0.39, 0.29) is 0 Å². The number of aromatic nitrogens is 4. The molecule has 5 heteroatoms. The normalized spacial score (nSPS) is 13.9. The van der Waals surface area contributed by atoms with Gasteiger partial charge in [0.05, 0.1) is 16.6 Å². The molecule has 0 radical (unpaired) electrons. The molecule has 5 aromatic rings. The third kappa shape index (κ3) is 2.90. The van der Waals surface area contributed by atoms with E-state index in [2.05, 4.69) is 63.2 Å². The van der Waals surface area contributed by atoms with Gasteiger partial charge in [0.2, 0.25) is 0 Å². The van der Waals surface area contributed by atoms with Crippen molar-refractivity contribution in [1.29, 1.82) is 0 Å². The fourth-order valence-corrected chi connectivity index (χ4v) is 4.14. The van der Waals surface area contributed by atoms with E-state index >= 15 is 0 Å². The molecule has 3 aromatic heterocycles. The van der Waals surface area contributed by atoms with E-state index < -0.39 is 0 Å². The number of rotatable bonds is 4. The Morgan fingerprint density at radius 3 is 2.60 bits per heavy atom. The second kappa shape index (κ2) is 6.66. The Morgan fingerprint density at radius 1 is 0.933 bits per heavy atom. The number of nitrogen functional groups attached to an aromatic ring is 1. The lowest BCUT2D eigenvalue weighted by atomic mass is 10.0. The van der Waals surface area contributed by atoms with E-state index in [0.29, 0.717) is 5.82 Å². The lowest BCUT2D eigenvalue weighted by molar-refractivity contribution is 0.643. The molecule has 0 bridgehead atoms. The van der Waals surface area contributed by atoms with Gasteiger partial charge in [-0.05, 0) is 36.5 Å². The fourth-order valence-electron chi connectivity index (χ4n) is 4.14. The first-order valence-electron chi connectivity index (χ1n) is 10.3. The second-order valence-corrected chi connectivity index (χ2v) is 8.07. The molecule has 6 rings (SSSR count). The maximum atomic E-state index is 6.29. The van der Waals surface area contributed by atoms with Gasteiger partial charge in [-0.2, -0.15) is 0 Å². The molecular formula is C25H21N5. The van der Waals surface area contributed by atoms with Crippen LogP contribution in [-0.4, -0.2) is 19.5 Å². The highest BCUT2D eigenvalue weighted by atomic mass is 15.1. The Bertz CT molecular complexity index is 1380. The number of nitrogens with zero attached hydrogens (tertiary/aromatic N) is 4. The number of hydrogen-bond acceptors (Lipinski definition) is 4. The Balaban J connectivity index is 1.51. The largest absolute Gasteiger partial charge is 0.383 e. The topological polar surface area (TPSA) is 69.6 Å². The van der Waals surface area contributed by atoms with Crippen LogP contribution < -0.4 is 5.73 Å². The lowest BCUT2D eigenvalue weighted by Gasteiger charge is -2.06. The Labute approximate surface area is 174 Å². The number of hydrogen-bond donors (Lipinski definition) is 1. The predicted octanol–water partition coefficient (Wildman–Crippen LogP) is 5.31. The maximum Gasteiger partial charge on any atom is 0.146 e. The van der Waals surface area contributed by atoms with Crippen LogP contribution in [0.1, 0.15) is 12.8 Å². The minimum absolute atomic E-state index is 0.524. The Kier molecular flexibility index (Phi) is 3.81. The van der Waals surface area contributed by atoms with Crippen LogP contribution in [0.2, 0.25) is 0 Å². The van der Waals surface area contributed by atoms with Gasteiger partial charge in [0.1, 0.15) is 17.8 Å². The Morgan fingerprint density at radius 2 is 1.77 bits per heavy atom. The summed E-state index contributed by atoms with van der Waals surface area (Å²) in [4.78, 5) is 13.7. The van der Waals surface area contributed by atoms with Crippen molar-refractivity contribution in [1.82, 2.24) is 19.5 Å². The third-order valence-electron chi connectivity index (χ3n) is 5.91. The maximum absolute atomic E-state index is 6.29. The minimum Gasteiger partial charge on any atom is -0.383 e. The van der Waals surface area contributed by atoms with Crippen molar-refractivity contribution >= 4 is 27.8 Å². The predicted molar refractivity (Wildman–Crippen MR) is 121 cm³/mol. The first kappa shape index (κ1) is 17.2. The summed E-state index contributed by atoms with van der Waals surface area (Å²) in [5, 5.41) is 2.04. The number of anilines is 1. The molecule has 1 aliphatic carbocycles. The number of benzene rings is 2. The zero-order chi connectivity index (χ0) is 20.1. The molecule has 2 aromatic carbocycles. The van der Waals surface area contributed by atoms with E-state index in [4.69, 9.17) is 10.7 Å². The van der Waals surface area contributed by atoms with Crippen LogP contribution in [0.15, 0.2) is 73.2 Å². The first-order valence-corrected chi connectivity index (χ1v) is 10.3. The molecule has 146 valence electrons. The van der Waals surface area contributed by atoms with Crippen LogP contribution in [0.25, 0.3) is 44.3 Å². The smallest absolute Gasteiger partial charge is 0.146 e. The van der Waals surface area contributed by atoms with Gasteiger partial charge in [0.15, 0.2) is 0 Å². The van der Waals surface area contributed by atoms with Crippen molar-refractivity contribution < 1.29 is 0 Å². The van der Waals surface area contributed by atoms with Gasteiger partial charge in [-0.25, -0.2) is 15.0 Å². The molecule has 0 atom stereocenters. The molecule has 0 unspecified atom stereocenters. The molecule has 5 nitrogen and oxygen atoms in total. The van der Waals surface area contributed by atoms with Crippen molar-refractivity contribution in [2.75, 3.05) is 5.73 Å². The minimum atomic E-state index is 0.524. The molecule has 0 saturated heterocycles. The summed E-state index contributed by atoms with van der Waals surface area (Å²) in [6.07, 6.45) is 6.31. The van der Waals surface area contributed by atoms with Crippen LogP contribution in [0.4, 0.5) is 5.82 Å². The highest BCUT2D eigenvalue weighted by molar-refractivity contribution is 6.02. The zero-order valence-corrected chi connectivity index (χ0v) is 16.5. The van der Waals surface area contributed by atoms with Crippen molar-refractivity contribution in [3.63, 3.8) is 0 Å². The first-order chi connectivity index (χ1) is 14.8. The summed E-state index contributed by atoms with van der Waals surface area (Å²) in [5.74, 6) is 1.27. The average Bonchev–Trinajstić information content (AvgIpc) is 3.53. The molecule has 0 spiro atoms. The van der Waals surface area contributed by atoms with Gasteiger partial charge >= 0.3 is 0 Å². The molecule has 0 amide bonds. The van der Waals surface area contributed by atoms with E-state index in [1.54, 1.807) is 6.33 Å². The van der Waals surface area contributed by atoms with E-state index in [1.165, 1.54) is 12.8 Å². The van der Waals surface area contributed by atoms with Crippen molar-refractivity contribution in [3.8, 4) is 22.4 Å². The van der Waals surface area contributed by atoms with E-state index in [9.17, 15) is 0 Å².